The van der Waals surface area contributed by atoms with Crippen molar-refractivity contribution >= 4 is 40.2 Å². The van der Waals surface area contributed by atoms with Gasteiger partial charge in [-0.15, -0.1) is 0 Å². The van der Waals surface area contributed by atoms with E-state index < -0.39 is 0 Å². The number of rotatable bonds is 3. The quantitative estimate of drug-likeness (QED) is 0.660. The lowest BCUT2D eigenvalue weighted by Crippen LogP contribution is -2.32. The van der Waals surface area contributed by atoms with Crippen LogP contribution in [0.5, 0.6) is 0 Å². The summed E-state index contributed by atoms with van der Waals surface area (Å²) in [6.07, 6.45) is 4.46. The van der Waals surface area contributed by atoms with Gasteiger partial charge in [-0.05, 0) is 49.2 Å². The van der Waals surface area contributed by atoms with Gasteiger partial charge < -0.3 is 9.73 Å². The molecule has 0 radical (unpaired) electrons. The fourth-order valence-electron chi connectivity index (χ4n) is 3.21. The second-order valence-corrected chi connectivity index (χ2v) is 7.19. The summed E-state index contributed by atoms with van der Waals surface area (Å²) < 4.78 is 5.82. The smallest absolute Gasteiger partial charge is 0.251 e. The van der Waals surface area contributed by atoms with Gasteiger partial charge in [-0.25, -0.2) is 4.98 Å². The van der Waals surface area contributed by atoms with E-state index in [0.717, 1.165) is 12.8 Å². The molecule has 128 valence electrons. The van der Waals surface area contributed by atoms with Gasteiger partial charge in [-0.2, -0.15) is 0 Å². The summed E-state index contributed by atoms with van der Waals surface area (Å²) >= 11 is 12.1. The van der Waals surface area contributed by atoms with Crippen molar-refractivity contribution in [3.63, 3.8) is 0 Å². The molecule has 25 heavy (non-hydrogen) atoms. The lowest BCUT2D eigenvalue weighted by atomic mass is 10.1. The first-order chi connectivity index (χ1) is 12.1. The minimum atomic E-state index is -0.0717. The molecule has 1 aliphatic rings. The van der Waals surface area contributed by atoms with E-state index in [-0.39, 0.29) is 11.9 Å². The van der Waals surface area contributed by atoms with Crippen molar-refractivity contribution in [2.45, 2.75) is 31.7 Å². The van der Waals surface area contributed by atoms with Crippen LogP contribution >= 0.6 is 23.2 Å². The van der Waals surface area contributed by atoms with Crippen LogP contribution in [0.3, 0.4) is 0 Å². The van der Waals surface area contributed by atoms with E-state index in [1.807, 2.05) is 0 Å². The molecule has 1 amide bonds. The summed E-state index contributed by atoms with van der Waals surface area (Å²) in [6.45, 7) is 0. The third-order valence-corrected chi connectivity index (χ3v) is 4.89. The Hall–Kier alpha value is -2.04. The van der Waals surface area contributed by atoms with E-state index in [4.69, 9.17) is 27.6 Å². The molecule has 1 saturated carbocycles. The van der Waals surface area contributed by atoms with Crippen molar-refractivity contribution in [3.05, 3.63) is 52.0 Å². The Morgan fingerprint density at radius 3 is 2.52 bits per heavy atom. The number of carbonyl (C=O) groups is 1. The highest BCUT2D eigenvalue weighted by molar-refractivity contribution is 6.35. The molecule has 1 aromatic heterocycles. The highest BCUT2D eigenvalue weighted by Crippen LogP contribution is 2.29. The average molecular weight is 375 g/mol. The lowest BCUT2D eigenvalue weighted by Gasteiger charge is -2.11. The molecule has 1 aliphatic carbocycles. The van der Waals surface area contributed by atoms with E-state index in [9.17, 15) is 4.79 Å². The first kappa shape index (κ1) is 16.4. The topological polar surface area (TPSA) is 55.1 Å². The van der Waals surface area contributed by atoms with E-state index in [1.54, 1.807) is 36.4 Å². The van der Waals surface area contributed by atoms with Crippen LogP contribution in [0.2, 0.25) is 10.0 Å². The summed E-state index contributed by atoms with van der Waals surface area (Å²) in [7, 11) is 0. The van der Waals surface area contributed by atoms with Gasteiger partial charge in [-0.1, -0.05) is 36.0 Å². The van der Waals surface area contributed by atoms with Gasteiger partial charge in [0.15, 0.2) is 5.58 Å². The van der Waals surface area contributed by atoms with E-state index in [0.29, 0.717) is 38.2 Å². The molecular formula is C19H16Cl2N2O2. The van der Waals surface area contributed by atoms with Crippen LogP contribution in [0.15, 0.2) is 40.8 Å². The van der Waals surface area contributed by atoms with Gasteiger partial charge >= 0.3 is 0 Å². The maximum Gasteiger partial charge on any atom is 0.251 e. The molecule has 1 fully saturated rings. The number of hydrogen-bond donors (Lipinski definition) is 1. The number of carbonyl (C=O) groups excluding carboxylic acids is 1. The number of halogens is 2. The zero-order valence-electron chi connectivity index (χ0n) is 13.4. The lowest BCUT2D eigenvalue weighted by molar-refractivity contribution is 0.0938. The molecule has 4 nitrogen and oxygen atoms in total. The van der Waals surface area contributed by atoms with E-state index in [2.05, 4.69) is 10.3 Å². The van der Waals surface area contributed by atoms with Crippen LogP contribution in [-0.4, -0.2) is 16.9 Å². The van der Waals surface area contributed by atoms with Crippen LogP contribution in [-0.2, 0) is 0 Å². The molecule has 6 heteroatoms. The molecule has 0 bridgehead atoms. The Morgan fingerprint density at radius 1 is 1.08 bits per heavy atom. The number of amides is 1. The zero-order valence-corrected chi connectivity index (χ0v) is 14.9. The summed E-state index contributed by atoms with van der Waals surface area (Å²) in [6, 6.07) is 10.7. The van der Waals surface area contributed by atoms with Crippen molar-refractivity contribution in [1.82, 2.24) is 10.3 Å². The molecule has 0 unspecified atom stereocenters. The first-order valence-electron chi connectivity index (χ1n) is 8.26. The molecule has 0 saturated heterocycles. The largest absolute Gasteiger partial charge is 0.436 e. The monoisotopic (exact) mass is 374 g/mol. The second-order valence-electron chi connectivity index (χ2n) is 6.31. The zero-order chi connectivity index (χ0) is 17.4. The third kappa shape index (κ3) is 3.51. The second kappa shape index (κ2) is 6.70. The number of oxazole rings is 1. The predicted molar refractivity (Wildman–Crippen MR) is 99.2 cm³/mol. The minimum absolute atomic E-state index is 0.0717. The van der Waals surface area contributed by atoms with Gasteiger partial charge in [0.05, 0.1) is 0 Å². The maximum atomic E-state index is 12.4. The minimum Gasteiger partial charge on any atom is -0.436 e. The third-order valence-electron chi connectivity index (χ3n) is 4.45. The van der Waals surface area contributed by atoms with Gasteiger partial charge in [0, 0.05) is 27.2 Å². The Morgan fingerprint density at radius 2 is 1.80 bits per heavy atom. The van der Waals surface area contributed by atoms with Gasteiger partial charge in [0.2, 0.25) is 5.89 Å². The van der Waals surface area contributed by atoms with Crippen LogP contribution < -0.4 is 5.32 Å². The van der Waals surface area contributed by atoms with Crippen molar-refractivity contribution in [2.24, 2.45) is 0 Å². The van der Waals surface area contributed by atoms with Gasteiger partial charge in [0.25, 0.3) is 5.91 Å². The average Bonchev–Trinajstić information content (AvgIpc) is 3.22. The van der Waals surface area contributed by atoms with E-state index in [1.165, 1.54) is 12.8 Å². The van der Waals surface area contributed by atoms with Crippen LogP contribution in [0.25, 0.3) is 22.6 Å². The van der Waals surface area contributed by atoms with Gasteiger partial charge in [-0.3, -0.25) is 4.79 Å². The Labute approximate surface area is 155 Å². The van der Waals surface area contributed by atoms with Crippen LogP contribution in [0, 0.1) is 0 Å². The van der Waals surface area contributed by atoms with Crippen molar-refractivity contribution < 1.29 is 9.21 Å². The highest BCUT2D eigenvalue weighted by Gasteiger charge is 2.19. The summed E-state index contributed by atoms with van der Waals surface area (Å²) in [5, 5.41) is 4.11. The molecule has 4 rings (SSSR count). The number of fused-ring (bicyclic) bond motifs is 1. The van der Waals surface area contributed by atoms with Crippen LogP contribution in [0.4, 0.5) is 0 Å². The molecule has 0 aliphatic heterocycles. The predicted octanol–water partition coefficient (Wildman–Crippen LogP) is 5.47. The summed E-state index contributed by atoms with van der Waals surface area (Å²) in [4.78, 5) is 16.9. The standard InChI is InChI=1S/C19H16Cl2N2O2/c20-13-7-12(8-14(21)10-13)19-23-16-6-5-11(9-17(16)25-19)18(24)22-15-3-1-2-4-15/h5-10,15H,1-4H2,(H,22,24). The fraction of sp³-hybridized carbons (Fsp3) is 0.263. The fourth-order valence-corrected chi connectivity index (χ4v) is 3.73. The number of benzene rings is 2. The Bertz CT molecular complexity index is 925. The Kier molecular flexibility index (Phi) is 4.40. The highest BCUT2D eigenvalue weighted by atomic mass is 35.5. The Balaban J connectivity index is 1.63. The molecule has 1 N–H and O–H groups in total. The maximum absolute atomic E-state index is 12.4. The molecule has 0 atom stereocenters. The molecular weight excluding hydrogens is 359 g/mol. The van der Waals surface area contributed by atoms with E-state index >= 15 is 0 Å². The number of nitrogens with one attached hydrogen (secondary N) is 1. The first-order valence-corrected chi connectivity index (χ1v) is 9.02. The van der Waals surface area contributed by atoms with Gasteiger partial charge in [0.1, 0.15) is 5.52 Å². The van der Waals surface area contributed by atoms with Crippen LogP contribution in [0.1, 0.15) is 36.0 Å². The number of nitrogens with zero attached hydrogens (tertiary/aromatic N) is 1. The summed E-state index contributed by atoms with van der Waals surface area (Å²) in [5.41, 5.74) is 2.52. The SMILES string of the molecule is O=C(NC1CCCC1)c1ccc2nc(-c3cc(Cl)cc(Cl)c3)oc2c1. The molecule has 3 aromatic rings. The van der Waals surface area contributed by atoms with Crippen molar-refractivity contribution in [1.29, 1.82) is 0 Å². The van der Waals surface area contributed by atoms with Crippen molar-refractivity contribution in [3.8, 4) is 11.5 Å². The molecule has 2 aromatic carbocycles. The molecule has 0 spiro atoms. The van der Waals surface area contributed by atoms with Crippen molar-refractivity contribution in [2.75, 3.05) is 0 Å². The summed E-state index contributed by atoms with van der Waals surface area (Å²) in [5.74, 6) is 0.352. The number of hydrogen-bond acceptors (Lipinski definition) is 3. The molecule has 1 heterocycles. The number of aromatic nitrogens is 1. The normalized spacial score (nSPS) is 15.0.